The first-order valence-corrected chi connectivity index (χ1v) is 5.14. The van der Waals surface area contributed by atoms with E-state index < -0.39 is 16.4 Å². The Hall–Kier alpha value is -1.66. The zero-order chi connectivity index (χ0) is 13.2. The SMILES string of the molecule is CC(C)(N)C(=O)Nc1cc([N+](=O)[O-])ccc1Cl. The minimum atomic E-state index is -1.09. The predicted octanol–water partition coefficient (Wildman–Crippen LogP) is 1.92. The minimum Gasteiger partial charge on any atom is -0.323 e. The summed E-state index contributed by atoms with van der Waals surface area (Å²) in [6, 6.07) is 3.79. The van der Waals surface area contributed by atoms with Crippen LogP contribution in [0.3, 0.4) is 0 Å². The Morgan fingerprint density at radius 1 is 1.53 bits per heavy atom. The molecule has 0 aromatic heterocycles. The van der Waals surface area contributed by atoms with Crippen LogP contribution in [-0.4, -0.2) is 16.4 Å². The Bertz CT molecular complexity index is 468. The largest absolute Gasteiger partial charge is 0.323 e. The highest BCUT2D eigenvalue weighted by Gasteiger charge is 2.23. The summed E-state index contributed by atoms with van der Waals surface area (Å²) in [5, 5.41) is 13.2. The number of anilines is 1. The van der Waals surface area contributed by atoms with Crippen LogP contribution in [0.15, 0.2) is 18.2 Å². The number of nitrogens with one attached hydrogen (secondary N) is 1. The molecule has 6 nitrogen and oxygen atoms in total. The number of benzene rings is 1. The van der Waals surface area contributed by atoms with Gasteiger partial charge in [-0.2, -0.15) is 0 Å². The molecule has 92 valence electrons. The highest BCUT2D eigenvalue weighted by molar-refractivity contribution is 6.33. The van der Waals surface area contributed by atoms with E-state index in [0.717, 1.165) is 0 Å². The third-order valence-corrected chi connectivity index (χ3v) is 2.32. The van der Waals surface area contributed by atoms with Gasteiger partial charge in [0.2, 0.25) is 5.91 Å². The van der Waals surface area contributed by atoms with E-state index >= 15 is 0 Å². The first-order valence-electron chi connectivity index (χ1n) is 4.76. The van der Waals surface area contributed by atoms with Crippen molar-refractivity contribution < 1.29 is 9.72 Å². The number of amides is 1. The van der Waals surface area contributed by atoms with Gasteiger partial charge in [0.25, 0.3) is 5.69 Å². The van der Waals surface area contributed by atoms with Crippen molar-refractivity contribution in [1.29, 1.82) is 0 Å². The molecule has 0 heterocycles. The van der Waals surface area contributed by atoms with Crippen molar-refractivity contribution in [2.45, 2.75) is 19.4 Å². The van der Waals surface area contributed by atoms with Gasteiger partial charge in [-0.25, -0.2) is 0 Å². The third-order valence-electron chi connectivity index (χ3n) is 1.99. The summed E-state index contributed by atoms with van der Waals surface area (Å²) >= 11 is 5.82. The quantitative estimate of drug-likeness (QED) is 0.638. The summed E-state index contributed by atoms with van der Waals surface area (Å²) in [6.45, 7) is 3.04. The number of carbonyl (C=O) groups is 1. The van der Waals surface area contributed by atoms with Crippen LogP contribution >= 0.6 is 11.6 Å². The summed E-state index contributed by atoms with van der Waals surface area (Å²) in [5.41, 5.74) is 4.51. The van der Waals surface area contributed by atoms with E-state index in [-0.39, 0.29) is 16.4 Å². The van der Waals surface area contributed by atoms with Crippen LogP contribution in [0.2, 0.25) is 5.02 Å². The highest BCUT2D eigenvalue weighted by atomic mass is 35.5. The number of halogens is 1. The predicted molar refractivity (Wildman–Crippen MR) is 65.0 cm³/mol. The van der Waals surface area contributed by atoms with Gasteiger partial charge in [-0.15, -0.1) is 0 Å². The second kappa shape index (κ2) is 4.68. The molecule has 0 atom stereocenters. The number of non-ortho nitro benzene ring substituents is 1. The normalized spacial score (nSPS) is 11.1. The molecule has 0 aliphatic carbocycles. The zero-order valence-corrected chi connectivity index (χ0v) is 10.1. The Balaban J connectivity index is 3.02. The molecule has 0 saturated heterocycles. The van der Waals surface area contributed by atoms with E-state index in [1.807, 2.05) is 0 Å². The number of nitrogens with zero attached hydrogens (tertiary/aromatic N) is 1. The lowest BCUT2D eigenvalue weighted by molar-refractivity contribution is -0.384. The van der Waals surface area contributed by atoms with Crippen molar-refractivity contribution in [1.82, 2.24) is 0 Å². The van der Waals surface area contributed by atoms with Gasteiger partial charge in [0, 0.05) is 12.1 Å². The van der Waals surface area contributed by atoms with Gasteiger partial charge in [-0.05, 0) is 19.9 Å². The van der Waals surface area contributed by atoms with Gasteiger partial charge in [0.05, 0.1) is 21.2 Å². The maximum absolute atomic E-state index is 11.6. The average molecular weight is 258 g/mol. The van der Waals surface area contributed by atoms with Crippen LogP contribution in [0.1, 0.15) is 13.8 Å². The molecule has 17 heavy (non-hydrogen) atoms. The lowest BCUT2D eigenvalue weighted by atomic mass is 10.1. The molecule has 1 rings (SSSR count). The maximum atomic E-state index is 11.6. The van der Waals surface area contributed by atoms with Crippen molar-refractivity contribution in [3.8, 4) is 0 Å². The molecule has 0 saturated carbocycles. The second-order valence-corrected chi connectivity index (χ2v) is 4.50. The van der Waals surface area contributed by atoms with Crippen molar-refractivity contribution in [3.63, 3.8) is 0 Å². The van der Waals surface area contributed by atoms with E-state index in [2.05, 4.69) is 5.32 Å². The average Bonchev–Trinajstić information content (AvgIpc) is 2.19. The molecule has 1 aromatic carbocycles. The third kappa shape index (κ3) is 3.40. The number of hydrogen-bond donors (Lipinski definition) is 2. The minimum absolute atomic E-state index is 0.153. The molecule has 0 unspecified atom stereocenters. The van der Waals surface area contributed by atoms with Gasteiger partial charge in [0.15, 0.2) is 0 Å². The van der Waals surface area contributed by atoms with Crippen molar-refractivity contribution >= 4 is 28.9 Å². The van der Waals surface area contributed by atoms with E-state index in [0.29, 0.717) is 0 Å². The van der Waals surface area contributed by atoms with Gasteiger partial charge in [-0.1, -0.05) is 11.6 Å². The molecule has 0 aliphatic rings. The van der Waals surface area contributed by atoms with Crippen molar-refractivity contribution in [2.75, 3.05) is 5.32 Å². The Morgan fingerprint density at radius 2 is 2.12 bits per heavy atom. The maximum Gasteiger partial charge on any atom is 0.271 e. The molecule has 0 bridgehead atoms. The van der Waals surface area contributed by atoms with Crippen LogP contribution < -0.4 is 11.1 Å². The smallest absolute Gasteiger partial charge is 0.271 e. The van der Waals surface area contributed by atoms with E-state index in [9.17, 15) is 14.9 Å². The Kier molecular flexibility index (Phi) is 3.69. The fourth-order valence-corrected chi connectivity index (χ4v) is 1.17. The number of rotatable bonds is 3. The number of hydrogen-bond acceptors (Lipinski definition) is 4. The molecule has 1 aromatic rings. The molecule has 7 heteroatoms. The molecule has 0 spiro atoms. The fourth-order valence-electron chi connectivity index (χ4n) is 1.01. The Morgan fingerprint density at radius 3 is 2.59 bits per heavy atom. The lowest BCUT2D eigenvalue weighted by Crippen LogP contribution is -2.45. The summed E-state index contributed by atoms with van der Waals surface area (Å²) in [6.07, 6.45) is 0. The van der Waals surface area contributed by atoms with E-state index in [1.54, 1.807) is 0 Å². The topological polar surface area (TPSA) is 98.3 Å². The molecule has 0 aliphatic heterocycles. The molecule has 0 radical (unpaired) electrons. The summed E-state index contributed by atoms with van der Waals surface area (Å²) in [5.74, 6) is -0.472. The van der Waals surface area contributed by atoms with Crippen LogP contribution in [0.25, 0.3) is 0 Å². The molecule has 3 N–H and O–H groups in total. The number of nitrogens with two attached hydrogens (primary N) is 1. The lowest BCUT2D eigenvalue weighted by Gasteiger charge is -2.18. The fraction of sp³-hybridized carbons (Fsp3) is 0.300. The monoisotopic (exact) mass is 257 g/mol. The highest BCUT2D eigenvalue weighted by Crippen LogP contribution is 2.27. The first kappa shape index (κ1) is 13.4. The number of carbonyl (C=O) groups excluding carboxylic acids is 1. The van der Waals surface area contributed by atoms with Crippen LogP contribution in [0.5, 0.6) is 0 Å². The molecular weight excluding hydrogens is 246 g/mol. The summed E-state index contributed by atoms with van der Waals surface area (Å²) in [4.78, 5) is 21.6. The molecule has 0 fully saturated rings. The molecule has 1 amide bonds. The van der Waals surface area contributed by atoms with Crippen molar-refractivity contribution in [3.05, 3.63) is 33.3 Å². The van der Waals surface area contributed by atoms with Gasteiger partial charge < -0.3 is 11.1 Å². The van der Waals surface area contributed by atoms with Gasteiger partial charge in [0.1, 0.15) is 0 Å². The second-order valence-electron chi connectivity index (χ2n) is 4.10. The first-order chi connectivity index (χ1) is 7.71. The van der Waals surface area contributed by atoms with Gasteiger partial charge in [-0.3, -0.25) is 14.9 Å². The van der Waals surface area contributed by atoms with Gasteiger partial charge >= 0.3 is 0 Å². The van der Waals surface area contributed by atoms with Crippen LogP contribution in [0.4, 0.5) is 11.4 Å². The molecular formula is C10H12ClN3O3. The summed E-state index contributed by atoms with van der Waals surface area (Å²) < 4.78 is 0. The van der Waals surface area contributed by atoms with Crippen molar-refractivity contribution in [2.24, 2.45) is 5.73 Å². The number of nitro benzene ring substituents is 1. The standard InChI is InChI=1S/C10H12ClN3O3/c1-10(2,12)9(15)13-8-5-6(14(16)17)3-4-7(8)11/h3-5H,12H2,1-2H3,(H,13,15). The van der Waals surface area contributed by atoms with Crippen LogP contribution in [-0.2, 0) is 4.79 Å². The van der Waals surface area contributed by atoms with E-state index in [1.165, 1.54) is 32.0 Å². The number of nitro groups is 1. The summed E-state index contributed by atoms with van der Waals surface area (Å²) in [7, 11) is 0. The zero-order valence-electron chi connectivity index (χ0n) is 9.36. The Labute approximate surface area is 103 Å². The van der Waals surface area contributed by atoms with Crippen LogP contribution in [0, 0.1) is 10.1 Å². The van der Waals surface area contributed by atoms with E-state index in [4.69, 9.17) is 17.3 Å².